The average molecular weight is 590 g/mol. The van der Waals surface area contributed by atoms with E-state index < -0.39 is 16.9 Å². The lowest BCUT2D eigenvalue weighted by Gasteiger charge is -2.25. The molecule has 0 fully saturated rings. The zero-order valence-electron chi connectivity index (χ0n) is 22.1. The van der Waals surface area contributed by atoms with Gasteiger partial charge in [0.05, 0.1) is 27.3 Å². The predicted molar refractivity (Wildman–Crippen MR) is 156 cm³/mol. The van der Waals surface area contributed by atoms with Gasteiger partial charge in [-0.25, -0.2) is 9.79 Å². The first-order valence-electron chi connectivity index (χ1n) is 12.7. The molecule has 11 heteroatoms. The van der Waals surface area contributed by atoms with Crippen LogP contribution in [0.4, 0.5) is 5.69 Å². The van der Waals surface area contributed by atoms with Crippen molar-refractivity contribution in [1.29, 1.82) is 0 Å². The van der Waals surface area contributed by atoms with Crippen LogP contribution in [0.5, 0.6) is 5.75 Å². The van der Waals surface area contributed by atoms with Gasteiger partial charge in [0.1, 0.15) is 18.4 Å². The van der Waals surface area contributed by atoms with Gasteiger partial charge in [-0.15, -0.1) is 0 Å². The molecule has 0 aliphatic carbocycles. The lowest BCUT2D eigenvalue weighted by molar-refractivity contribution is -0.384. The number of benzene rings is 3. The summed E-state index contributed by atoms with van der Waals surface area (Å²) in [5, 5.41) is 11.3. The molecule has 208 valence electrons. The Labute approximate surface area is 243 Å². The van der Waals surface area contributed by atoms with Gasteiger partial charge < -0.3 is 9.47 Å². The first-order chi connectivity index (χ1) is 19.8. The molecule has 0 bridgehead atoms. The zero-order chi connectivity index (χ0) is 29.1. The number of nitro benzene ring substituents is 1. The molecule has 41 heavy (non-hydrogen) atoms. The number of allylic oxidation sites excluding steroid dienone is 1. The van der Waals surface area contributed by atoms with Crippen LogP contribution in [0.15, 0.2) is 93.9 Å². The standard InChI is InChI=1S/C30H24ClN3O6S/c1-3-39-29(36)26-18(2)32-30-33(27(26)23-9-4-5-10-24(23)31)28(35)25(41-30)16-20-7-6-8-22(15-20)40-17-19-11-13-21(14-12-19)34(37)38/h4-16,27H,3,17H2,1-2H3. The third-order valence-electron chi connectivity index (χ3n) is 6.43. The normalized spacial score (nSPS) is 14.8. The van der Waals surface area contributed by atoms with Gasteiger partial charge in [-0.05, 0) is 66.9 Å². The van der Waals surface area contributed by atoms with Gasteiger partial charge in [-0.3, -0.25) is 19.5 Å². The molecule has 0 N–H and O–H groups in total. The highest BCUT2D eigenvalue weighted by Gasteiger charge is 2.34. The second kappa shape index (κ2) is 11.9. The summed E-state index contributed by atoms with van der Waals surface area (Å²) in [7, 11) is 0. The Bertz CT molecular complexity index is 1860. The fourth-order valence-corrected chi connectivity index (χ4v) is 5.79. The number of carbonyl (C=O) groups is 1. The molecule has 1 unspecified atom stereocenters. The fraction of sp³-hybridized carbons (Fsp3) is 0.167. The third-order valence-corrected chi connectivity index (χ3v) is 7.75. The van der Waals surface area contributed by atoms with Crippen LogP contribution in [0.3, 0.4) is 0 Å². The maximum Gasteiger partial charge on any atom is 0.338 e. The lowest BCUT2D eigenvalue weighted by atomic mass is 9.96. The molecule has 1 atom stereocenters. The number of hydrogen-bond acceptors (Lipinski definition) is 8. The van der Waals surface area contributed by atoms with Gasteiger partial charge >= 0.3 is 5.97 Å². The second-order valence-electron chi connectivity index (χ2n) is 9.11. The zero-order valence-corrected chi connectivity index (χ0v) is 23.6. The number of esters is 1. The van der Waals surface area contributed by atoms with Crippen molar-refractivity contribution in [3.63, 3.8) is 0 Å². The Balaban J connectivity index is 1.51. The van der Waals surface area contributed by atoms with Crippen LogP contribution < -0.4 is 19.6 Å². The number of rotatable bonds is 8. The molecular weight excluding hydrogens is 566 g/mol. The van der Waals surface area contributed by atoms with Crippen molar-refractivity contribution in [2.24, 2.45) is 4.99 Å². The molecule has 2 heterocycles. The van der Waals surface area contributed by atoms with Crippen molar-refractivity contribution in [3.05, 3.63) is 136 Å². The van der Waals surface area contributed by atoms with Crippen molar-refractivity contribution in [3.8, 4) is 5.75 Å². The van der Waals surface area contributed by atoms with Gasteiger partial charge in [0.25, 0.3) is 11.2 Å². The minimum absolute atomic E-state index is 0.0126. The molecule has 9 nitrogen and oxygen atoms in total. The molecule has 5 rings (SSSR count). The molecule has 3 aromatic carbocycles. The van der Waals surface area contributed by atoms with Crippen molar-refractivity contribution in [2.45, 2.75) is 26.5 Å². The van der Waals surface area contributed by atoms with E-state index in [9.17, 15) is 19.7 Å². The third kappa shape index (κ3) is 5.84. The van der Waals surface area contributed by atoms with Crippen LogP contribution in [-0.2, 0) is 16.1 Å². The predicted octanol–water partition coefficient (Wildman–Crippen LogP) is 4.94. The number of hydrogen-bond donors (Lipinski definition) is 0. The summed E-state index contributed by atoms with van der Waals surface area (Å²) < 4.78 is 13.1. The number of nitro groups is 1. The number of non-ortho nitro benzene ring substituents is 1. The molecule has 4 aromatic rings. The topological polar surface area (TPSA) is 113 Å². The first-order valence-corrected chi connectivity index (χ1v) is 13.9. The summed E-state index contributed by atoms with van der Waals surface area (Å²) in [5.41, 5.74) is 2.53. The van der Waals surface area contributed by atoms with Gasteiger partial charge in [-0.1, -0.05) is 53.3 Å². The largest absolute Gasteiger partial charge is 0.489 e. The first kappa shape index (κ1) is 28.0. The summed E-state index contributed by atoms with van der Waals surface area (Å²) in [6.45, 7) is 3.84. The quantitative estimate of drug-likeness (QED) is 0.163. The Morgan fingerprint density at radius 1 is 1.15 bits per heavy atom. The summed E-state index contributed by atoms with van der Waals surface area (Å²) in [6, 6.07) is 19.7. The van der Waals surface area contributed by atoms with Crippen molar-refractivity contribution in [2.75, 3.05) is 6.61 Å². The van der Waals surface area contributed by atoms with E-state index in [1.54, 1.807) is 68.5 Å². The highest BCUT2D eigenvalue weighted by molar-refractivity contribution is 7.07. The molecule has 0 saturated carbocycles. The number of nitrogens with zero attached hydrogens (tertiary/aromatic N) is 3. The number of ether oxygens (including phenoxy) is 2. The van der Waals surface area contributed by atoms with Crippen LogP contribution in [0.25, 0.3) is 6.08 Å². The Morgan fingerprint density at radius 2 is 1.90 bits per heavy atom. The summed E-state index contributed by atoms with van der Waals surface area (Å²) >= 11 is 7.77. The Hall–Kier alpha value is -4.54. The van der Waals surface area contributed by atoms with Gasteiger partial charge in [0.2, 0.25) is 0 Å². The lowest BCUT2D eigenvalue weighted by Crippen LogP contribution is -2.40. The number of halogens is 1. The summed E-state index contributed by atoms with van der Waals surface area (Å²) in [6.07, 6.45) is 1.75. The molecule has 0 saturated heterocycles. The summed E-state index contributed by atoms with van der Waals surface area (Å²) in [5.74, 6) is 0.0186. The van der Waals surface area contributed by atoms with Crippen molar-refractivity contribution in [1.82, 2.24) is 4.57 Å². The van der Waals surface area contributed by atoms with Crippen molar-refractivity contribution >= 4 is 40.7 Å². The van der Waals surface area contributed by atoms with Crippen molar-refractivity contribution < 1.29 is 19.2 Å². The number of carbonyl (C=O) groups excluding carboxylic acids is 1. The van der Waals surface area contributed by atoms with E-state index in [0.717, 1.165) is 11.1 Å². The average Bonchev–Trinajstić information content (AvgIpc) is 3.26. The van der Waals surface area contributed by atoms with E-state index in [0.29, 0.717) is 31.4 Å². The van der Waals surface area contributed by atoms with E-state index >= 15 is 0 Å². The molecule has 1 aromatic heterocycles. The molecule has 0 amide bonds. The minimum Gasteiger partial charge on any atom is -0.489 e. The van der Waals surface area contributed by atoms with E-state index in [1.165, 1.54) is 28.0 Å². The monoisotopic (exact) mass is 589 g/mol. The van der Waals surface area contributed by atoms with Gasteiger partial charge in [-0.2, -0.15) is 0 Å². The number of aromatic nitrogens is 1. The van der Waals surface area contributed by atoms with E-state index in [2.05, 4.69) is 4.99 Å². The van der Waals surface area contributed by atoms with Gasteiger partial charge in [0, 0.05) is 17.2 Å². The fourth-order valence-electron chi connectivity index (χ4n) is 4.51. The molecule has 0 spiro atoms. The van der Waals surface area contributed by atoms with Crippen LogP contribution in [0.1, 0.15) is 36.6 Å². The second-order valence-corrected chi connectivity index (χ2v) is 10.5. The smallest absolute Gasteiger partial charge is 0.338 e. The van der Waals surface area contributed by atoms with Crippen LogP contribution >= 0.6 is 22.9 Å². The maximum atomic E-state index is 13.8. The Kier molecular flexibility index (Phi) is 8.14. The van der Waals surface area contributed by atoms with Gasteiger partial charge in [0.15, 0.2) is 4.80 Å². The molecular formula is C30H24ClN3O6S. The van der Waals surface area contributed by atoms with E-state index in [4.69, 9.17) is 21.1 Å². The number of thiazole rings is 1. The summed E-state index contributed by atoms with van der Waals surface area (Å²) in [4.78, 5) is 42.3. The SMILES string of the molecule is CCOC(=O)C1=C(C)N=c2sc(=Cc3cccc(OCc4ccc([N+](=O)[O-])cc4)c3)c(=O)n2C1c1ccccc1Cl. The minimum atomic E-state index is -0.794. The van der Waals surface area contributed by atoms with Crippen LogP contribution in [-0.4, -0.2) is 22.1 Å². The highest BCUT2D eigenvalue weighted by atomic mass is 35.5. The molecule has 0 radical (unpaired) electrons. The maximum absolute atomic E-state index is 13.8. The highest BCUT2D eigenvalue weighted by Crippen LogP contribution is 2.34. The molecule has 1 aliphatic heterocycles. The van der Waals surface area contributed by atoms with E-state index in [1.807, 2.05) is 12.1 Å². The Morgan fingerprint density at radius 3 is 2.61 bits per heavy atom. The van der Waals surface area contributed by atoms with Crippen LogP contribution in [0.2, 0.25) is 5.02 Å². The molecule has 1 aliphatic rings. The van der Waals surface area contributed by atoms with E-state index in [-0.39, 0.29) is 30.0 Å². The van der Waals surface area contributed by atoms with Crippen LogP contribution in [0, 0.1) is 10.1 Å². The number of fused-ring (bicyclic) bond motifs is 1.